The Morgan fingerprint density at radius 1 is 1.39 bits per heavy atom. The van der Waals surface area contributed by atoms with E-state index in [4.69, 9.17) is 9.57 Å². The van der Waals surface area contributed by atoms with E-state index in [0.717, 1.165) is 25.0 Å². The van der Waals surface area contributed by atoms with Crippen molar-refractivity contribution in [3.05, 3.63) is 0 Å². The van der Waals surface area contributed by atoms with Gasteiger partial charge in [-0.05, 0) is 27.7 Å². The van der Waals surface area contributed by atoms with Gasteiger partial charge in [-0.15, -0.1) is 0 Å². The number of hydrogen-bond donors (Lipinski definition) is 0. The Morgan fingerprint density at radius 2 is 2.00 bits per heavy atom. The highest BCUT2D eigenvalue weighted by molar-refractivity contribution is 5.83. The molecule has 18 heavy (non-hydrogen) atoms. The molecule has 1 saturated heterocycles. The van der Waals surface area contributed by atoms with Crippen LogP contribution in [-0.2, 0) is 9.57 Å². The predicted octanol–water partition coefficient (Wildman–Crippen LogP) is 2.55. The molecule has 0 aromatic heterocycles. The van der Waals surface area contributed by atoms with E-state index in [2.05, 4.69) is 5.16 Å². The van der Waals surface area contributed by atoms with Crippen molar-refractivity contribution < 1.29 is 14.4 Å². The first kappa shape index (κ1) is 13.2. The molecule has 0 radical (unpaired) electrons. The third-order valence-corrected chi connectivity index (χ3v) is 3.30. The summed E-state index contributed by atoms with van der Waals surface area (Å²) >= 11 is 0. The van der Waals surface area contributed by atoms with Crippen molar-refractivity contribution in [3.63, 3.8) is 0 Å². The van der Waals surface area contributed by atoms with Gasteiger partial charge in [0.2, 0.25) is 0 Å². The summed E-state index contributed by atoms with van der Waals surface area (Å²) < 4.78 is 5.37. The van der Waals surface area contributed by atoms with Gasteiger partial charge in [0.15, 0.2) is 0 Å². The van der Waals surface area contributed by atoms with E-state index in [9.17, 15) is 4.79 Å². The standard InChI is InChI=1S/C13H22N2O3/c1-10-9-13(18-14-10)5-7-15(8-6-13)11(16)17-12(2,3)4/h5-9H2,1-4H3. The Labute approximate surface area is 108 Å². The van der Waals surface area contributed by atoms with Gasteiger partial charge >= 0.3 is 6.09 Å². The number of likely N-dealkylation sites (tertiary alicyclic amines) is 1. The Hall–Kier alpha value is -1.26. The van der Waals surface area contributed by atoms with Crippen LogP contribution in [0.2, 0.25) is 0 Å². The maximum Gasteiger partial charge on any atom is 0.410 e. The van der Waals surface area contributed by atoms with E-state index >= 15 is 0 Å². The highest BCUT2D eigenvalue weighted by atomic mass is 16.7. The quantitative estimate of drug-likeness (QED) is 0.667. The molecule has 102 valence electrons. The van der Waals surface area contributed by atoms with Crippen LogP contribution in [-0.4, -0.2) is 41.0 Å². The lowest BCUT2D eigenvalue weighted by Gasteiger charge is -2.37. The normalized spacial score (nSPS) is 22.7. The fourth-order valence-electron chi connectivity index (χ4n) is 2.40. The second kappa shape index (κ2) is 4.44. The fourth-order valence-corrected chi connectivity index (χ4v) is 2.40. The maximum absolute atomic E-state index is 11.9. The number of carbonyl (C=O) groups is 1. The Bertz CT molecular complexity index is 363. The molecule has 1 spiro atoms. The van der Waals surface area contributed by atoms with Crippen molar-refractivity contribution in [3.8, 4) is 0 Å². The second-order valence-corrected chi connectivity index (χ2v) is 6.25. The van der Waals surface area contributed by atoms with E-state index in [1.807, 2.05) is 27.7 Å². The predicted molar refractivity (Wildman–Crippen MR) is 68.6 cm³/mol. The van der Waals surface area contributed by atoms with Crippen molar-refractivity contribution in [2.75, 3.05) is 13.1 Å². The number of ether oxygens (including phenoxy) is 1. The minimum Gasteiger partial charge on any atom is -0.444 e. The molecule has 0 bridgehead atoms. The SMILES string of the molecule is CC1=NOC2(CCN(C(=O)OC(C)(C)C)CC2)C1. The molecule has 0 aromatic carbocycles. The summed E-state index contributed by atoms with van der Waals surface area (Å²) in [6.07, 6.45) is 2.31. The Balaban J connectivity index is 1.86. The summed E-state index contributed by atoms with van der Waals surface area (Å²) in [5.41, 5.74) is 0.443. The van der Waals surface area contributed by atoms with E-state index in [0.29, 0.717) is 13.1 Å². The molecule has 2 rings (SSSR count). The van der Waals surface area contributed by atoms with Gasteiger partial charge in [0.1, 0.15) is 11.2 Å². The number of hydrogen-bond acceptors (Lipinski definition) is 4. The molecule has 1 fully saturated rings. The van der Waals surface area contributed by atoms with Gasteiger partial charge in [0.05, 0.1) is 5.71 Å². The van der Waals surface area contributed by atoms with Crippen LogP contribution < -0.4 is 0 Å². The van der Waals surface area contributed by atoms with Crippen molar-refractivity contribution in [2.24, 2.45) is 5.16 Å². The molecule has 0 aromatic rings. The summed E-state index contributed by atoms with van der Waals surface area (Å²) in [4.78, 5) is 19.2. The van der Waals surface area contributed by atoms with E-state index in [1.165, 1.54) is 0 Å². The van der Waals surface area contributed by atoms with Crippen LogP contribution >= 0.6 is 0 Å². The molecule has 5 heteroatoms. The van der Waals surface area contributed by atoms with Crippen LogP contribution in [0.5, 0.6) is 0 Å². The molecule has 0 unspecified atom stereocenters. The lowest BCUT2D eigenvalue weighted by molar-refractivity contribution is -0.0639. The number of carbonyl (C=O) groups excluding carboxylic acids is 1. The van der Waals surface area contributed by atoms with E-state index < -0.39 is 5.60 Å². The lowest BCUT2D eigenvalue weighted by atomic mass is 9.87. The van der Waals surface area contributed by atoms with Crippen LogP contribution in [0, 0.1) is 0 Å². The fraction of sp³-hybridized carbons (Fsp3) is 0.846. The third-order valence-electron chi connectivity index (χ3n) is 3.30. The summed E-state index contributed by atoms with van der Waals surface area (Å²) in [7, 11) is 0. The van der Waals surface area contributed by atoms with Crippen molar-refractivity contribution in [1.82, 2.24) is 4.90 Å². The van der Waals surface area contributed by atoms with Gasteiger partial charge in [-0.1, -0.05) is 5.16 Å². The average Bonchev–Trinajstić information content (AvgIpc) is 2.58. The van der Waals surface area contributed by atoms with Crippen molar-refractivity contribution >= 4 is 11.8 Å². The van der Waals surface area contributed by atoms with Gasteiger partial charge in [-0.25, -0.2) is 4.79 Å². The average molecular weight is 254 g/mol. The Kier molecular flexibility index (Phi) is 3.25. The first-order valence-corrected chi connectivity index (χ1v) is 6.49. The third kappa shape index (κ3) is 2.94. The molecule has 2 heterocycles. The molecule has 0 N–H and O–H groups in total. The highest BCUT2D eigenvalue weighted by Crippen LogP contribution is 2.34. The number of rotatable bonds is 0. The maximum atomic E-state index is 11.9. The van der Waals surface area contributed by atoms with Crippen LogP contribution in [0.3, 0.4) is 0 Å². The second-order valence-electron chi connectivity index (χ2n) is 6.25. The molecular weight excluding hydrogens is 232 g/mol. The van der Waals surface area contributed by atoms with Gasteiger partial charge in [0, 0.05) is 32.4 Å². The number of nitrogens with zero attached hydrogens (tertiary/aromatic N) is 2. The van der Waals surface area contributed by atoms with Crippen LogP contribution in [0.1, 0.15) is 47.0 Å². The molecule has 2 aliphatic heterocycles. The molecule has 5 nitrogen and oxygen atoms in total. The first-order chi connectivity index (χ1) is 8.30. The van der Waals surface area contributed by atoms with E-state index in [1.54, 1.807) is 4.90 Å². The summed E-state index contributed by atoms with van der Waals surface area (Å²) in [6, 6.07) is 0. The van der Waals surface area contributed by atoms with Gasteiger partial charge < -0.3 is 14.5 Å². The minimum absolute atomic E-state index is 0.164. The van der Waals surface area contributed by atoms with Gasteiger partial charge in [-0.2, -0.15) is 0 Å². The molecule has 0 saturated carbocycles. The number of oxime groups is 1. The molecular formula is C13H22N2O3. The summed E-state index contributed by atoms with van der Waals surface area (Å²) in [5.74, 6) is 0. The number of amides is 1. The monoisotopic (exact) mass is 254 g/mol. The molecule has 2 aliphatic rings. The topological polar surface area (TPSA) is 51.1 Å². The summed E-state index contributed by atoms with van der Waals surface area (Å²) in [5, 5.41) is 4.02. The highest BCUT2D eigenvalue weighted by Gasteiger charge is 2.42. The number of piperidine rings is 1. The van der Waals surface area contributed by atoms with Gasteiger partial charge in [-0.3, -0.25) is 0 Å². The van der Waals surface area contributed by atoms with E-state index in [-0.39, 0.29) is 11.7 Å². The molecule has 0 aliphatic carbocycles. The summed E-state index contributed by atoms with van der Waals surface area (Å²) in [6.45, 7) is 8.99. The molecule has 0 atom stereocenters. The zero-order valence-electron chi connectivity index (χ0n) is 11.7. The Morgan fingerprint density at radius 3 is 2.44 bits per heavy atom. The minimum atomic E-state index is -0.435. The smallest absolute Gasteiger partial charge is 0.410 e. The van der Waals surface area contributed by atoms with Crippen molar-refractivity contribution in [2.45, 2.75) is 58.2 Å². The zero-order valence-corrected chi connectivity index (χ0v) is 11.7. The largest absolute Gasteiger partial charge is 0.444 e. The lowest BCUT2D eigenvalue weighted by Crippen LogP contribution is -2.48. The van der Waals surface area contributed by atoms with Gasteiger partial charge in [0.25, 0.3) is 0 Å². The van der Waals surface area contributed by atoms with Crippen LogP contribution in [0.15, 0.2) is 5.16 Å². The first-order valence-electron chi connectivity index (χ1n) is 6.49. The zero-order chi connectivity index (χ0) is 13.4. The van der Waals surface area contributed by atoms with Crippen LogP contribution in [0.25, 0.3) is 0 Å². The molecule has 1 amide bonds. The van der Waals surface area contributed by atoms with Crippen molar-refractivity contribution in [1.29, 1.82) is 0 Å². The van der Waals surface area contributed by atoms with Crippen LogP contribution in [0.4, 0.5) is 4.79 Å².